The molecule has 3 aromatic rings. The Hall–Kier alpha value is -3.03. The minimum Gasteiger partial charge on any atom is -0.321 e. The van der Waals surface area contributed by atoms with Crippen LogP contribution in [0.5, 0.6) is 0 Å². The topological polar surface area (TPSA) is 88.2 Å². The number of amides is 1. The Labute approximate surface area is 183 Å². The van der Waals surface area contributed by atoms with Gasteiger partial charge in [0.05, 0.1) is 16.8 Å². The summed E-state index contributed by atoms with van der Waals surface area (Å²) in [7, 11) is -3.67. The van der Waals surface area contributed by atoms with Gasteiger partial charge in [0.25, 0.3) is 5.91 Å². The van der Waals surface area contributed by atoms with E-state index in [2.05, 4.69) is 35.8 Å². The van der Waals surface area contributed by atoms with Crippen molar-refractivity contribution in [2.24, 2.45) is 0 Å². The molecule has 0 aliphatic rings. The number of aromatic nitrogens is 1. The first-order valence-corrected chi connectivity index (χ1v) is 11.5. The third kappa shape index (κ3) is 5.77. The highest BCUT2D eigenvalue weighted by atomic mass is 32.2. The van der Waals surface area contributed by atoms with E-state index < -0.39 is 16.1 Å². The van der Waals surface area contributed by atoms with E-state index in [1.54, 1.807) is 67.8 Å². The molecule has 1 aromatic heterocycles. The number of hydrogen-bond donors (Lipinski definition) is 2. The fraction of sp³-hybridized carbons (Fsp3) is 0.250. The van der Waals surface area contributed by atoms with Crippen LogP contribution in [-0.4, -0.2) is 19.3 Å². The van der Waals surface area contributed by atoms with E-state index >= 15 is 0 Å². The number of hydrogen-bond acceptors (Lipinski definition) is 4. The average molecular weight is 438 g/mol. The van der Waals surface area contributed by atoms with Crippen molar-refractivity contribution in [3.63, 3.8) is 0 Å². The van der Waals surface area contributed by atoms with E-state index in [1.165, 1.54) is 0 Å². The van der Waals surface area contributed by atoms with Crippen LogP contribution in [0.4, 0.5) is 5.69 Å². The standard InChI is InChI=1S/C24H27N3O3S/c1-17(27-31(29,30)22-13-11-20(12-14-22)24(2,3)4)18-7-9-19(10-8-18)23(28)26-21-6-5-15-25-16-21/h5-17,27H,1-4H3,(H,26,28)/t17-/m0/s1. The van der Waals surface area contributed by atoms with Crippen molar-refractivity contribution in [1.29, 1.82) is 0 Å². The second-order valence-electron chi connectivity index (χ2n) is 8.44. The number of nitrogens with one attached hydrogen (secondary N) is 2. The lowest BCUT2D eigenvalue weighted by Crippen LogP contribution is -2.27. The molecular formula is C24H27N3O3S. The Bertz CT molecular complexity index is 1140. The lowest BCUT2D eigenvalue weighted by molar-refractivity contribution is 0.102. The Kier molecular flexibility index (Phi) is 6.57. The molecular weight excluding hydrogens is 410 g/mol. The predicted molar refractivity (Wildman–Crippen MR) is 123 cm³/mol. The number of rotatable bonds is 6. The maximum absolute atomic E-state index is 12.8. The predicted octanol–water partition coefficient (Wildman–Crippen LogP) is 4.67. The van der Waals surface area contributed by atoms with Gasteiger partial charge in [-0.1, -0.05) is 45.0 Å². The molecule has 1 atom stereocenters. The Morgan fingerprint density at radius 1 is 0.968 bits per heavy atom. The monoisotopic (exact) mass is 437 g/mol. The van der Waals surface area contributed by atoms with Crippen LogP contribution in [0.1, 0.15) is 55.2 Å². The minimum atomic E-state index is -3.67. The van der Waals surface area contributed by atoms with Gasteiger partial charge in [-0.2, -0.15) is 0 Å². The van der Waals surface area contributed by atoms with Crippen molar-refractivity contribution in [3.8, 4) is 0 Å². The van der Waals surface area contributed by atoms with E-state index in [0.717, 1.165) is 11.1 Å². The summed E-state index contributed by atoms with van der Waals surface area (Å²) >= 11 is 0. The van der Waals surface area contributed by atoms with Gasteiger partial charge in [0.1, 0.15) is 0 Å². The highest BCUT2D eigenvalue weighted by molar-refractivity contribution is 7.89. The molecule has 0 radical (unpaired) electrons. The molecule has 3 rings (SSSR count). The van der Waals surface area contributed by atoms with Gasteiger partial charge in [0.2, 0.25) is 10.0 Å². The Morgan fingerprint density at radius 2 is 1.61 bits per heavy atom. The molecule has 0 aliphatic heterocycles. The summed E-state index contributed by atoms with van der Waals surface area (Å²) in [6.07, 6.45) is 3.20. The zero-order valence-electron chi connectivity index (χ0n) is 18.1. The molecule has 2 aromatic carbocycles. The summed E-state index contributed by atoms with van der Waals surface area (Å²) in [5.74, 6) is -0.258. The summed E-state index contributed by atoms with van der Waals surface area (Å²) in [4.78, 5) is 16.5. The highest BCUT2D eigenvalue weighted by Crippen LogP contribution is 2.24. The number of sulfonamides is 1. The van der Waals surface area contributed by atoms with Gasteiger partial charge < -0.3 is 5.32 Å². The molecule has 0 spiro atoms. The maximum Gasteiger partial charge on any atom is 0.255 e. The summed E-state index contributed by atoms with van der Waals surface area (Å²) in [6, 6.07) is 16.8. The molecule has 0 bridgehead atoms. The van der Waals surface area contributed by atoms with E-state index in [0.29, 0.717) is 11.3 Å². The fourth-order valence-electron chi connectivity index (χ4n) is 3.07. The normalized spacial score (nSPS) is 12.9. The zero-order chi connectivity index (χ0) is 22.6. The second kappa shape index (κ2) is 8.99. The summed E-state index contributed by atoms with van der Waals surface area (Å²) in [5, 5.41) is 2.77. The van der Waals surface area contributed by atoms with Crippen LogP contribution in [0.3, 0.4) is 0 Å². The van der Waals surface area contributed by atoms with Crippen LogP contribution in [0, 0.1) is 0 Å². The summed E-state index contributed by atoms with van der Waals surface area (Å²) in [6.45, 7) is 8.01. The average Bonchev–Trinajstić information content (AvgIpc) is 2.74. The quantitative estimate of drug-likeness (QED) is 0.586. The van der Waals surface area contributed by atoms with Crippen molar-refractivity contribution in [2.45, 2.75) is 44.0 Å². The summed E-state index contributed by atoms with van der Waals surface area (Å²) in [5.41, 5.74) is 2.86. The van der Waals surface area contributed by atoms with Crippen molar-refractivity contribution in [3.05, 3.63) is 89.7 Å². The molecule has 0 saturated heterocycles. The molecule has 0 aliphatic carbocycles. The van der Waals surface area contributed by atoms with E-state index in [-0.39, 0.29) is 16.2 Å². The van der Waals surface area contributed by atoms with Crippen LogP contribution < -0.4 is 10.0 Å². The number of carbonyl (C=O) groups is 1. The van der Waals surface area contributed by atoms with E-state index in [4.69, 9.17) is 0 Å². The second-order valence-corrected chi connectivity index (χ2v) is 10.1. The van der Waals surface area contributed by atoms with E-state index in [1.807, 2.05) is 12.1 Å². The molecule has 6 nitrogen and oxygen atoms in total. The summed E-state index contributed by atoms with van der Waals surface area (Å²) < 4.78 is 28.2. The van der Waals surface area contributed by atoms with Gasteiger partial charge in [0, 0.05) is 17.8 Å². The maximum atomic E-state index is 12.8. The van der Waals surface area contributed by atoms with Crippen molar-refractivity contribution in [1.82, 2.24) is 9.71 Å². The molecule has 1 heterocycles. The SMILES string of the molecule is C[C@H](NS(=O)(=O)c1ccc(C(C)(C)C)cc1)c1ccc(C(=O)Nc2cccnc2)cc1. The molecule has 0 saturated carbocycles. The molecule has 7 heteroatoms. The van der Waals surface area contributed by atoms with Crippen LogP contribution in [0.25, 0.3) is 0 Å². The molecule has 0 unspecified atom stereocenters. The van der Waals surface area contributed by atoms with Crippen LogP contribution in [0.2, 0.25) is 0 Å². The first-order chi connectivity index (χ1) is 14.6. The Balaban J connectivity index is 1.68. The molecule has 2 N–H and O–H groups in total. The molecule has 1 amide bonds. The number of nitrogens with zero attached hydrogens (tertiary/aromatic N) is 1. The third-order valence-electron chi connectivity index (χ3n) is 4.95. The van der Waals surface area contributed by atoms with Crippen molar-refractivity contribution < 1.29 is 13.2 Å². The lowest BCUT2D eigenvalue weighted by atomic mass is 9.87. The van der Waals surface area contributed by atoms with Crippen molar-refractivity contribution in [2.75, 3.05) is 5.32 Å². The lowest BCUT2D eigenvalue weighted by Gasteiger charge is -2.20. The first kappa shape index (κ1) is 22.7. The van der Waals surface area contributed by atoms with Gasteiger partial charge >= 0.3 is 0 Å². The molecule has 162 valence electrons. The minimum absolute atomic E-state index is 0.0475. The highest BCUT2D eigenvalue weighted by Gasteiger charge is 2.20. The third-order valence-corrected chi connectivity index (χ3v) is 6.51. The fourth-order valence-corrected chi connectivity index (χ4v) is 4.30. The first-order valence-electron chi connectivity index (χ1n) is 10.0. The van der Waals surface area contributed by atoms with Gasteiger partial charge in [-0.15, -0.1) is 0 Å². The number of carbonyl (C=O) groups excluding carboxylic acids is 1. The largest absolute Gasteiger partial charge is 0.321 e. The van der Waals surface area contributed by atoms with Gasteiger partial charge in [-0.05, 0) is 59.9 Å². The number of benzene rings is 2. The van der Waals surface area contributed by atoms with Crippen LogP contribution in [0.15, 0.2) is 78.0 Å². The van der Waals surface area contributed by atoms with Gasteiger partial charge in [-0.25, -0.2) is 13.1 Å². The molecule has 31 heavy (non-hydrogen) atoms. The van der Waals surface area contributed by atoms with Crippen LogP contribution >= 0.6 is 0 Å². The van der Waals surface area contributed by atoms with Gasteiger partial charge in [-0.3, -0.25) is 9.78 Å². The van der Waals surface area contributed by atoms with Gasteiger partial charge in [0.15, 0.2) is 0 Å². The van der Waals surface area contributed by atoms with Crippen molar-refractivity contribution >= 4 is 21.6 Å². The Morgan fingerprint density at radius 3 is 2.16 bits per heavy atom. The van der Waals surface area contributed by atoms with Crippen LogP contribution in [-0.2, 0) is 15.4 Å². The smallest absolute Gasteiger partial charge is 0.255 e. The number of anilines is 1. The molecule has 0 fully saturated rings. The zero-order valence-corrected chi connectivity index (χ0v) is 18.9. The van der Waals surface area contributed by atoms with E-state index in [9.17, 15) is 13.2 Å². The number of pyridine rings is 1.